The molecule has 0 saturated carbocycles. The molecule has 0 aliphatic carbocycles. The van der Waals surface area contributed by atoms with Crippen LogP contribution in [-0.4, -0.2) is 38.6 Å². The lowest BCUT2D eigenvalue weighted by molar-refractivity contribution is -0.881. The fourth-order valence-electron chi connectivity index (χ4n) is 2.55. The van der Waals surface area contributed by atoms with E-state index in [9.17, 15) is 9.59 Å². The number of nitrogens with one attached hydrogen (secondary N) is 3. The van der Waals surface area contributed by atoms with E-state index in [0.29, 0.717) is 12.2 Å². The number of thiophene rings is 1. The Morgan fingerprint density at radius 1 is 1.15 bits per heavy atom. The Balaban J connectivity index is 1.81. The van der Waals surface area contributed by atoms with Crippen molar-refractivity contribution < 1.29 is 19.2 Å². The fraction of sp³-hybridized carbons (Fsp3) is 0.368. The summed E-state index contributed by atoms with van der Waals surface area (Å²) in [6, 6.07) is 11.1. The molecular formula is C19H26N3O3S+. The second-order valence-electron chi connectivity index (χ2n) is 6.04. The van der Waals surface area contributed by atoms with Crippen molar-refractivity contribution in [1.29, 1.82) is 0 Å². The van der Waals surface area contributed by atoms with Crippen LogP contribution in [0.2, 0.25) is 0 Å². The van der Waals surface area contributed by atoms with Gasteiger partial charge in [-0.2, -0.15) is 0 Å². The lowest BCUT2D eigenvalue weighted by Gasteiger charge is -2.18. The molecule has 0 aliphatic rings. The topological polar surface area (TPSA) is 71.9 Å². The summed E-state index contributed by atoms with van der Waals surface area (Å²) < 4.78 is 5.10. The summed E-state index contributed by atoms with van der Waals surface area (Å²) in [6.07, 6.45) is 0. The van der Waals surface area contributed by atoms with E-state index in [1.54, 1.807) is 42.7 Å². The number of likely N-dealkylation sites (N-methyl/N-ethyl adjacent to an activating group) is 1. The van der Waals surface area contributed by atoms with Gasteiger partial charge in [0.25, 0.3) is 11.8 Å². The van der Waals surface area contributed by atoms with Crippen molar-refractivity contribution in [2.75, 3.05) is 32.1 Å². The number of ether oxygens (including phenoxy) is 1. The molecule has 1 heterocycles. The maximum atomic E-state index is 12.3. The van der Waals surface area contributed by atoms with Gasteiger partial charge in [-0.3, -0.25) is 9.59 Å². The maximum Gasteiger partial charge on any atom is 0.279 e. The average molecular weight is 377 g/mol. The van der Waals surface area contributed by atoms with Gasteiger partial charge in [-0.1, -0.05) is 6.07 Å². The normalized spacial score (nSPS) is 12.9. The minimum absolute atomic E-state index is 0.0197. The Morgan fingerprint density at radius 2 is 1.85 bits per heavy atom. The molecule has 1 aromatic heterocycles. The number of carbonyl (C=O) groups excluding carboxylic acids is 2. The van der Waals surface area contributed by atoms with Gasteiger partial charge in [0, 0.05) is 10.6 Å². The molecule has 26 heavy (non-hydrogen) atoms. The van der Waals surface area contributed by atoms with Crippen LogP contribution in [0.15, 0.2) is 41.8 Å². The smallest absolute Gasteiger partial charge is 0.279 e. The quantitative estimate of drug-likeness (QED) is 0.621. The molecule has 3 N–H and O–H groups in total. The van der Waals surface area contributed by atoms with Crippen LogP contribution in [0.5, 0.6) is 5.75 Å². The number of methoxy groups -OCH3 is 1. The molecule has 1 aromatic carbocycles. The number of anilines is 1. The molecule has 0 radical (unpaired) electrons. The number of hydrogen-bond donors (Lipinski definition) is 3. The minimum atomic E-state index is -0.119. The van der Waals surface area contributed by atoms with E-state index in [0.717, 1.165) is 15.5 Å². The second-order valence-corrected chi connectivity index (χ2v) is 7.02. The highest BCUT2D eigenvalue weighted by Crippen LogP contribution is 2.17. The zero-order chi connectivity index (χ0) is 18.9. The van der Waals surface area contributed by atoms with Gasteiger partial charge >= 0.3 is 0 Å². The second kappa shape index (κ2) is 9.94. The first-order valence-corrected chi connectivity index (χ1v) is 9.50. The zero-order valence-electron chi connectivity index (χ0n) is 15.4. The van der Waals surface area contributed by atoms with Gasteiger partial charge in [0.2, 0.25) is 0 Å². The van der Waals surface area contributed by atoms with Crippen LogP contribution < -0.4 is 20.3 Å². The highest BCUT2D eigenvalue weighted by molar-refractivity contribution is 7.10. The molecule has 0 bridgehead atoms. The summed E-state index contributed by atoms with van der Waals surface area (Å²) in [6.45, 7) is 5.13. The summed E-state index contributed by atoms with van der Waals surface area (Å²) in [5, 5.41) is 7.83. The molecule has 0 saturated heterocycles. The molecule has 2 rings (SSSR count). The molecule has 2 atom stereocenters. The number of amides is 2. The van der Waals surface area contributed by atoms with Crippen molar-refractivity contribution in [1.82, 2.24) is 5.32 Å². The van der Waals surface area contributed by atoms with E-state index in [1.165, 1.54) is 0 Å². The SMILES string of the molecule is CC[NH+](CC(=O)Nc1ccc(OC)cc1)CC(=O)N[C@@H](C)c1cccs1. The number of rotatable bonds is 9. The molecule has 140 valence electrons. The lowest BCUT2D eigenvalue weighted by Crippen LogP contribution is -3.14. The van der Waals surface area contributed by atoms with E-state index in [4.69, 9.17) is 4.74 Å². The van der Waals surface area contributed by atoms with Crippen molar-refractivity contribution in [3.63, 3.8) is 0 Å². The Kier molecular flexibility index (Phi) is 7.62. The van der Waals surface area contributed by atoms with E-state index in [2.05, 4.69) is 10.6 Å². The lowest BCUT2D eigenvalue weighted by atomic mass is 10.2. The van der Waals surface area contributed by atoms with Crippen LogP contribution in [-0.2, 0) is 9.59 Å². The van der Waals surface area contributed by atoms with Gasteiger partial charge in [-0.15, -0.1) is 11.3 Å². The Morgan fingerprint density at radius 3 is 2.42 bits per heavy atom. The van der Waals surface area contributed by atoms with Crippen molar-refractivity contribution in [3.8, 4) is 5.75 Å². The van der Waals surface area contributed by atoms with Gasteiger partial charge in [-0.25, -0.2) is 0 Å². The summed E-state index contributed by atoms with van der Waals surface area (Å²) in [5.74, 6) is 0.562. The van der Waals surface area contributed by atoms with Gasteiger partial charge in [0.15, 0.2) is 13.1 Å². The number of carbonyl (C=O) groups is 2. The Labute approximate surface area is 158 Å². The monoisotopic (exact) mass is 376 g/mol. The third-order valence-corrected chi connectivity index (χ3v) is 5.10. The van der Waals surface area contributed by atoms with E-state index in [-0.39, 0.29) is 30.9 Å². The van der Waals surface area contributed by atoms with Crippen molar-refractivity contribution in [2.45, 2.75) is 19.9 Å². The minimum Gasteiger partial charge on any atom is -0.497 e. The maximum absolute atomic E-state index is 12.3. The molecule has 6 nitrogen and oxygen atoms in total. The predicted molar refractivity (Wildman–Crippen MR) is 104 cm³/mol. The molecule has 2 aromatic rings. The van der Waals surface area contributed by atoms with Crippen molar-refractivity contribution in [2.24, 2.45) is 0 Å². The van der Waals surface area contributed by atoms with E-state index >= 15 is 0 Å². The molecule has 1 unspecified atom stereocenters. The molecule has 0 spiro atoms. The van der Waals surface area contributed by atoms with Crippen LogP contribution in [0.3, 0.4) is 0 Å². The first-order valence-electron chi connectivity index (χ1n) is 8.62. The van der Waals surface area contributed by atoms with Crippen molar-refractivity contribution >= 4 is 28.8 Å². The van der Waals surface area contributed by atoms with Crippen LogP contribution in [0.4, 0.5) is 5.69 Å². The molecule has 2 amide bonds. The molecule has 0 fully saturated rings. The number of benzene rings is 1. The largest absolute Gasteiger partial charge is 0.497 e. The van der Waals surface area contributed by atoms with Gasteiger partial charge in [0.1, 0.15) is 5.75 Å². The zero-order valence-corrected chi connectivity index (χ0v) is 16.2. The fourth-order valence-corrected chi connectivity index (χ4v) is 3.28. The highest BCUT2D eigenvalue weighted by atomic mass is 32.1. The summed E-state index contributed by atoms with van der Waals surface area (Å²) in [7, 11) is 1.60. The summed E-state index contributed by atoms with van der Waals surface area (Å²) in [5.41, 5.74) is 0.710. The average Bonchev–Trinajstić information content (AvgIpc) is 3.16. The first kappa shape index (κ1) is 19.9. The van der Waals surface area contributed by atoms with Gasteiger partial charge in [-0.05, 0) is 49.6 Å². The molecular weight excluding hydrogens is 350 g/mol. The van der Waals surface area contributed by atoms with Crippen LogP contribution >= 0.6 is 11.3 Å². The van der Waals surface area contributed by atoms with Crippen molar-refractivity contribution in [3.05, 3.63) is 46.7 Å². The van der Waals surface area contributed by atoms with E-state index in [1.807, 2.05) is 31.4 Å². The predicted octanol–water partition coefficient (Wildman–Crippen LogP) is 1.48. The molecule has 7 heteroatoms. The third-order valence-electron chi connectivity index (χ3n) is 4.04. The standard InChI is InChI=1S/C19H25N3O3S/c1-4-22(12-18(23)20-14(2)17-6-5-11-26-17)13-19(24)21-15-7-9-16(25-3)10-8-15/h5-11,14H,4,12-13H2,1-3H3,(H,20,23)(H,21,24)/p+1/t14-/m0/s1. The summed E-state index contributed by atoms with van der Waals surface area (Å²) in [4.78, 5) is 26.5. The van der Waals surface area contributed by atoms with Gasteiger partial charge < -0.3 is 20.3 Å². The number of hydrogen-bond acceptors (Lipinski definition) is 4. The van der Waals surface area contributed by atoms with Crippen LogP contribution in [0.1, 0.15) is 24.8 Å². The highest BCUT2D eigenvalue weighted by Gasteiger charge is 2.18. The first-order chi connectivity index (χ1) is 12.5. The Hall–Kier alpha value is -2.38. The summed E-state index contributed by atoms with van der Waals surface area (Å²) >= 11 is 1.62. The van der Waals surface area contributed by atoms with Gasteiger partial charge in [0.05, 0.1) is 19.7 Å². The van der Waals surface area contributed by atoms with Crippen LogP contribution in [0.25, 0.3) is 0 Å². The van der Waals surface area contributed by atoms with E-state index < -0.39 is 0 Å². The van der Waals surface area contributed by atoms with Crippen LogP contribution in [0, 0.1) is 0 Å². The number of quaternary nitrogens is 1. The third kappa shape index (κ3) is 6.16. The molecule has 0 aliphatic heterocycles. The Bertz CT molecular complexity index is 701.